The van der Waals surface area contributed by atoms with E-state index in [0.29, 0.717) is 11.5 Å². The van der Waals surface area contributed by atoms with Crippen LogP contribution in [0.25, 0.3) is 17.0 Å². The molecule has 0 aromatic carbocycles. The average molecular weight is 443 g/mol. The summed E-state index contributed by atoms with van der Waals surface area (Å²) in [4.78, 5) is 35.4. The van der Waals surface area contributed by atoms with Crippen LogP contribution in [0.5, 0.6) is 0 Å². The van der Waals surface area contributed by atoms with Gasteiger partial charge in [-0.25, -0.2) is 15.0 Å². The van der Waals surface area contributed by atoms with Crippen molar-refractivity contribution in [1.29, 1.82) is 0 Å². The number of aromatic nitrogens is 5. The highest BCUT2D eigenvalue weighted by atomic mass is 16.2. The molecule has 1 N–H and O–H groups in total. The third-order valence-corrected chi connectivity index (χ3v) is 5.77. The van der Waals surface area contributed by atoms with Crippen LogP contribution in [0.3, 0.4) is 0 Å². The second kappa shape index (κ2) is 9.33. The number of nitrogens with one attached hydrogen (secondary N) is 1. The summed E-state index contributed by atoms with van der Waals surface area (Å²) in [6, 6.07) is 13.2. The second-order valence-corrected chi connectivity index (χ2v) is 8.17. The second-order valence-electron chi connectivity index (χ2n) is 8.17. The van der Waals surface area contributed by atoms with E-state index in [9.17, 15) is 4.79 Å². The predicted molar refractivity (Wildman–Crippen MR) is 126 cm³/mol. The lowest BCUT2D eigenvalue weighted by Gasteiger charge is -2.35. The number of anilines is 1. The molecule has 5 rings (SSSR count). The highest BCUT2D eigenvalue weighted by molar-refractivity contribution is 6.00. The molecule has 0 bridgehead atoms. The molecule has 4 aromatic rings. The number of piperazine rings is 1. The van der Waals surface area contributed by atoms with Gasteiger partial charge in [-0.2, -0.15) is 0 Å². The Hall–Kier alpha value is -3.85. The minimum atomic E-state index is -0.176. The molecule has 1 fully saturated rings. The minimum Gasteiger partial charge on any atom is -0.347 e. The molecule has 9 heteroatoms. The normalized spacial score (nSPS) is 15.5. The van der Waals surface area contributed by atoms with Gasteiger partial charge < -0.3 is 10.2 Å². The molecule has 1 amide bonds. The lowest BCUT2D eigenvalue weighted by atomic mass is 10.2. The summed E-state index contributed by atoms with van der Waals surface area (Å²) < 4.78 is 1.91. The summed E-state index contributed by atoms with van der Waals surface area (Å²) in [5.74, 6) is 1.25. The van der Waals surface area contributed by atoms with E-state index in [-0.39, 0.29) is 11.9 Å². The summed E-state index contributed by atoms with van der Waals surface area (Å²) in [6.07, 6.45) is 7.17. The molecule has 0 aliphatic carbocycles. The van der Waals surface area contributed by atoms with Crippen molar-refractivity contribution >= 4 is 17.4 Å². The van der Waals surface area contributed by atoms with Crippen LogP contribution in [0.4, 0.5) is 5.95 Å². The van der Waals surface area contributed by atoms with Crippen LogP contribution < -0.4 is 10.2 Å². The number of imidazole rings is 1. The third kappa shape index (κ3) is 4.54. The third-order valence-electron chi connectivity index (χ3n) is 5.77. The first-order chi connectivity index (χ1) is 16.2. The van der Waals surface area contributed by atoms with E-state index in [4.69, 9.17) is 0 Å². The maximum Gasteiger partial charge on any atom is 0.272 e. The van der Waals surface area contributed by atoms with Crippen LogP contribution in [0.1, 0.15) is 17.4 Å². The number of hydrogen-bond donors (Lipinski definition) is 1. The molecule has 9 nitrogen and oxygen atoms in total. The molecule has 5 heterocycles. The Bertz CT molecular complexity index is 1220. The van der Waals surface area contributed by atoms with Gasteiger partial charge in [-0.15, -0.1) is 0 Å². The van der Waals surface area contributed by atoms with Crippen LogP contribution >= 0.6 is 0 Å². The monoisotopic (exact) mass is 442 g/mol. The Kier molecular flexibility index (Phi) is 5.95. The zero-order valence-corrected chi connectivity index (χ0v) is 18.5. The molecule has 33 heavy (non-hydrogen) atoms. The van der Waals surface area contributed by atoms with E-state index in [0.717, 1.165) is 49.9 Å². The van der Waals surface area contributed by atoms with E-state index in [1.807, 2.05) is 60.0 Å². The van der Waals surface area contributed by atoms with Crippen molar-refractivity contribution < 1.29 is 4.79 Å². The Morgan fingerprint density at radius 3 is 2.48 bits per heavy atom. The smallest absolute Gasteiger partial charge is 0.272 e. The maximum atomic E-state index is 13.1. The Morgan fingerprint density at radius 2 is 1.73 bits per heavy atom. The number of carbonyl (C=O) groups excluding carboxylic acids is 1. The zero-order valence-electron chi connectivity index (χ0n) is 18.5. The quantitative estimate of drug-likeness (QED) is 0.489. The molecule has 1 saturated heterocycles. The highest BCUT2D eigenvalue weighted by Crippen LogP contribution is 2.21. The summed E-state index contributed by atoms with van der Waals surface area (Å²) in [7, 11) is 0. The molecule has 0 radical (unpaired) electrons. The number of pyridine rings is 2. The Balaban J connectivity index is 1.24. The van der Waals surface area contributed by atoms with Crippen LogP contribution in [0.15, 0.2) is 67.3 Å². The lowest BCUT2D eigenvalue weighted by Crippen LogP contribution is -2.51. The van der Waals surface area contributed by atoms with Crippen LogP contribution in [0.2, 0.25) is 0 Å². The summed E-state index contributed by atoms with van der Waals surface area (Å²) >= 11 is 0. The van der Waals surface area contributed by atoms with Crippen molar-refractivity contribution in [2.75, 3.05) is 37.6 Å². The topological polar surface area (TPSA) is 91.5 Å². The fraction of sp³-hybridized carbons (Fsp3) is 0.292. The standard InChI is InChI=1S/C24H26N8O/c1-18(17-30-13-15-31(16-14-30)24-26-10-6-11-27-24)28-23(33)21-20-8-3-5-12-32(20)22(29-21)19-7-2-4-9-25-19/h2-12,18H,13-17H2,1H3,(H,28,33). The van der Waals surface area contributed by atoms with Crippen molar-refractivity contribution in [3.8, 4) is 11.5 Å². The van der Waals surface area contributed by atoms with Gasteiger partial charge in [0.05, 0.1) is 5.52 Å². The van der Waals surface area contributed by atoms with Crippen molar-refractivity contribution in [3.63, 3.8) is 0 Å². The number of amides is 1. The molecular weight excluding hydrogens is 416 g/mol. The first-order valence-electron chi connectivity index (χ1n) is 11.1. The van der Waals surface area contributed by atoms with Crippen molar-refractivity contribution in [3.05, 3.63) is 72.9 Å². The Morgan fingerprint density at radius 1 is 0.970 bits per heavy atom. The molecule has 1 atom stereocenters. The van der Waals surface area contributed by atoms with E-state index < -0.39 is 0 Å². The average Bonchev–Trinajstić information content (AvgIpc) is 3.25. The summed E-state index contributed by atoms with van der Waals surface area (Å²) in [5, 5.41) is 3.13. The van der Waals surface area contributed by atoms with Gasteiger partial charge >= 0.3 is 0 Å². The largest absolute Gasteiger partial charge is 0.347 e. The molecule has 4 aromatic heterocycles. The van der Waals surface area contributed by atoms with Crippen LogP contribution in [-0.4, -0.2) is 73.9 Å². The fourth-order valence-corrected chi connectivity index (χ4v) is 4.19. The van der Waals surface area contributed by atoms with Gasteiger partial charge in [-0.05, 0) is 37.3 Å². The van der Waals surface area contributed by atoms with Crippen molar-refractivity contribution in [1.82, 2.24) is 34.6 Å². The van der Waals surface area contributed by atoms with Gasteiger partial charge in [-0.1, -0.05) is 12.1 Å². The minimum absolute atomic E-state index is 0.0178. The molecule has 1 aliphatic heterocycles. The highest BCUT2D eigenvalue weighted by Gasteiger charge is 2.23. The molecule has 168 valence electrons. The fourth-order valence-electron chi connectivity index (χ4n) is 4.19. The van der Waals surface area contributed by atoms with Gasteiger partial charge in [0.2, 0.25) is 5.95 Å². The first kappa shape index (κ1) is 21.0. The molecular formula is C24H26N8O. The van der Waals surface area contributed by atoms with E-state index in [1.165, 1.54) is 0 Å². The summed E-state index contributed by atoms with van der Waals surface area (Å²) in [6.45, 7) is 6.33. The maximum absolute atomic E-state index is 13.1. The number of rotatable bonds is 6. The number of carbonyl (C=O) groups is 1. The SMILES string of the molecule is CC(CN1CCN(c2ncccn2)CC1)NC(=O)c1nc(-c2ccccn2)n2ccccc12. The van der Waals surface area contributed by atoms with Gasteiger partial charge in [0.25, 0.3) is 5.91 Å². The summed E-state index contributed by atoms with van der Waals surface area (Å²) in [5.41, 5.74) is 1.90. The van der Waals surface area contributed by atoms with Gasteiger partial charge in [-0.3, -0.25) is 19.1 Å². The number of hydrogen-bond acceptors (Lipinski definition) is 7. The van der Waals surface area contributed by atoms with Crippen LogP contribution in [0, 0.1) is 0 Å². The van der Waals surface area contributed by atoms with Gasteiger partial charge in [0.1, 0.15) is 5.69 Å². The predicted octanol–water partition coefficient (Wildman–Crippen LogP) is 2.13. The van der Waals surface area contributed by atoms with Gasteiger partial charge in [0, 0.05) is 63.6 Å². The van der Waals surface area contributed by atoms with E-state index in [2.05, 4.69) is 35.1 Å². The first-order valence-corrected chi connectivity index (χ1v) is 11.1. The Labute approximate surface area is 192 Å². The number of nitrogens with zero attached hydrogens (tertiary/aromatic N) is 7. The molecule has 0 saturated carbocycles. The molecule has 1 unspecified atom stereocenters. The van der Waals surface area contributed by atoms with E-state index in [1.54, 1.807) is 18.6 Å². The lowest BCUT2D eigenvalue weighted by molar-refractivity contribution is 0.0925. The molecule has 0 spiro atoms. The van der Waals surface area contributed by atoms with Crippen molar-refractivity contribution in [2.45, 2.75) is 13.0 Å². The van der Waals surface area contributed by atoms with Crippen LogP contribution in [-0.2, 0) is 0 Å². The van der Waals surface area contributed by atoms with Gasteiger partial charge in [0.15, 0.2) is 11.5 Å². The number of fused-ring (bicyclic) bond motifs is 1. The van der Waals surface area contributed by atoms with E-state index >= 15 is 0 Å². The zero-order chi connectivity index (χ0) is 22.6. The molecule has 1 aliphatic rings. The van der Waals surface area contributed by atoms with Crippen molar-refractivity contribution in [2.24, 2.45) is 0 Å².